The van der Waals surface area contributed by atoms with Crippen molar-refractivity contribution in [3.8, 4) is 17.5 Å². The van der Waals surface area contributed by atoms with Crippen LogP contribution in [0.1, 0.15) is 43.3 Å². The molecule has 0 saturated carbocycles. The molecule has 0 N–H and O–H groups in total. The van der Waals surface area contributed by atoms with Crippen molar-refractivity contribution in [1.29, 1.82) is 5.26 Å². The van der Waals surface area contributed by atoms with Crippen LogP contribution in [0.2, 0.25) is 0 Å². The molecule has 11 heteroatoms. The Labute approximate surface area is 191 Å². The molecule has 0 unspecified atom stereocenters. The third-order valence-corrected chi connectivity index (χ3v) is 4.70. The summed E-state index contributed by atoms with van der Waals surface area (Å²) in [6.07, 6.45) is -9.27. The zero-order valence-electron chi connectivity index (χ0n) is 18.4. The molecule has 0 bridgehead atoms. The summed E-state index contributed by atoms with van der Waals surface area (Å²) < 4.78 is 84.5. The summed E-state index contributed by atoms with van der Waals surface area (Å²) >= 11 is 0. The molecular weight excluding hydrogens is 462 g/mol. The summed E-state index contributed by atoms with van der Waals surface area (Å²) in [6.45, 7) is 5.89. The molecule has 180 valence electrons. The summed E-state index contributed by atoms with van der Waals surface area (Å²) in [4.78, 5) is 5.74. The molecule has 0 radical (unpaired) electrons. The summed E-state index contributed by atoms with van der Waals surface area (Å²) in [7, 11) is 0. The lowest BCUT2D eigenvalue weighted by Crippen LogP contribution is -2.33. The predicted octanol–water partition coefficient (Wildman–Crippen LogP) is 6.70. The summed E-state index contributed by atoms with van der Waals surface area (Å²) in [5.74, 6) is -0.0674. The van der Waals surface area contributed by atoms with Crippen molar-refractivity contribution in [1.82, 2.24) is 10.1 Å². The van der Waals surface area contributed by atoms with Crippen molar-refractivity contribution in [2.45, 2.75) is 39.7 Å². The van der Waals surface area contributed by atoms with Gasteiger partial charge >= 0.3 is 12.4 Å². The number of halogens is 6. The Morgan fingerprint density at radius 3 is 2.26 bits per heavy atom. The van der Waals surface area contributed by atoms with E-state index in [1.54, 1.807) is 11.0 Å². The molecule has 0 aliphatic heterocycles. The molecule has 0 fully saturated rings. The quantitative estimate of drug-likeness (QED) is 0.379. The number of hydrogen-bond acceptors (Lipinski definition) is 5. The second-order valence-electron chi connectivity index (χ2n) is 8.85. The van der Waals surface area contributed by atoms with E-state index < -0.39 is 29.0 Å². The summed E-state index contributed by atoms with van der Waals surface area (Å²) in [6, 6.07) is 9.31. The van der Waals surface area contributed by atoms with Gasteiger partial charge in [-0.05, 0) is 41.8 Å². The molecule has 0 amide bonds. The predicted molar refractivity (Wildman–Crippen MR) is 111 cm³/mol. The number of nitrogens with zero attached hydrogens (tertiary/aromatic N) is 4. The molecule has 0 spiro atoms. The number of nitriles is 1. The Morgan fingerprint density at radius 1 is 0.971 bits per heavy atom. The Kier molecular flexibility index (Phi) is 6.64. The van der Waals surface area contributed by atoms with Gasteiger partial charge in [0.2, 0.25) is 0 Å². The number of alkyl halides is 6. The lowest BCUT2D eigenvalue weighted by Gasteiger charge is -2.31. The van der Waals surface area contributed by atoms with Crippen LogP contribution < -0.4 is 4.90 Å². The maximum Gasteiger partial charge on any atom is 0.417 e. The lowest BCUT2D eigenvalue weighted by atomic mass is 9.95. The minimum Gasteiger partial charge on any atom is -0.363 e. The topological polar surface area (TPSA) is 66.0 Å². The maximum atomic E-state index is 13.5. The first kappa shape index (κ1) is 25.1. The number of aromatic nitrogens is 2. The highest BCUT2D eigenvalue weighted by molar-refractivity contribution is 5.56. The van der Waals surface area contributed by atoms with Crippen LogP contribution in [0.3, 0.4) is 0 Å². The van der Waals surface area contributed by atoms with Gasteiger partial charge in [0, 0.05) is 17.8 Å². The molecule has 3 rings (SSSR count). The normalized spacial score (nSPS) is 12.5. The van der Waals surface area contributed by atoms with Crippen LogP contribution in [-0.4, -0.2) is 16.7 Å². The summed E-state index contributed by atoms with van der Waals surface area (Å²) in [5.41, 5.74) is -2.54. The average Bonchev–Trinajstić information content (AvgIpc) is 3.19. The van der Waals surface area contributed by atoms with E-state index in [2.05, 4.69) is 10.1 Å². The Hall–Kier alpha value is -3.55. The fourth-order valence-electron chi connectivity index (χ4n) is 3.31. The summed E-state index contributed by atoms with van der Waals surface area (Å²) in [5, 5.41) is 12.8. The highest BCUT2D eigenvalue weighted by Crippen LogP contribution is 2.36. The first-order valence-corrected chi connectivity index (χ1v) is 10.0. The van der Waals surface area contributed by atoms with Crippen molar-refractivity contribution in [3.05, 3.63) is 65.0 Å². The Morgan fingerprint density at radius 2 is 1.68 bits per heavy atom. The van der Waals surface area contributed by atoms with Crippen LogP contribution in [-0.2, 0) is 18.9 Å². The van der Waals surface area contributed by atoms with Crippen LogP contribution in [0.15, 0.2) is 47.0 Å². The molecule has 1 aromatic heterocycles. The molecular formula is C23H20F6N4O. The van der Waals surface area contributed by atoms with Gasteiger partial charge < -0.3 is 9.42 Å². The highest BCUT2D eigenvalue weighted by Gasteiger charge is 2.35. The van der Waals surface area contributed by atoms with E-state index in [-0.39, 0.29) is 34.9 Å². The monoisotopic (exact) mass is 482 g/mol. The van der Waals surface area contributed by atoms with Gasteiger partial charge in [-0.3, -0.25) is 0 Å². The molecule has 0 aliphatic carbocycles. The van der Waals surface area contributed by atoms with E-state index in [1.807, 2.05) is 20.8 Å². The van der Waals surface area contributed by atoms with Crippen LogP contribution in [0.25, 0.3) is 11.5 Å². The number of hydrogen-bond donors (Lipinski definition) is 0. The molecule has 0 aliphatic rings. The zero-order valence-corrected chi connectivity index (χ0v) is 18.4. The van der Waals surface area contributed by atoms with E-state index in [9.17, 15) is 26.3 Å². The minimum atomic E-state index is -4.72. The average molecular weight is 482 g/mol. The number of anilines is 1. The van der Waals surface area contributed by atoms with E-state index >= 15 is 0 Å². The lowest BCUT2D eigenvalue weighted by molar-refractivity contribution is -0.138. The molecule has 3 aromatic rings. The van der Waals surface area contributed by atoms with Crippen molar-refractivity contribution in [3.63, 3.8) is 0 Å². The van der Waals surface area contributed by atoms with Crippen molar-refractivity contribution in [2.75, 3.05) is 11.4 Å². The van der Waals surface area contributed by atoms with Gasteiger partial charge in [-0.2, -0.15) is 36.6 Å². The van der Waals surface area contributed by atoms with Crippen molar-refractivity contribution >= 4 is 5.69 Å². The minimum absolute atomic E-state index is 0.0636. The van der Waals surface area contributed by atoms with E-state index in [0.29, 0.717) is 6.54 Å². The number of benzene rings is 2. The Balaban J connectivity index is 1.95. The smallest absolute Gasteiger partial charge is 0.363 e. The fourth-order valence-corrected chi connectivity index (χ4v) is 3.31. The van der Waals surface area contributed by atoms with Crippen molar-refractivity contribution < 1.29 is 30.9 Å². The van der Waals surface area contributed by atoms with Crippen LogP contribution in [0.5, 0.6) is 0 Å². The van der Waals surface area contributed by atoms with Gasteiger partial charge in [0.1, 0.15) is 0 Å². The van der Waals surface area contributed by atoms with Gasteiger partial charge in [0.05, 0.1) is 29.3 Å². The zero-order chi connectivity index (χ0) is 25.3. The highest BCUT2D eigenvalue weighted by atomic mass is 19.4. The standard InChI is InChI=1S/C23H20F6N4O/c1-21(2,3)13-33(17-8-7-15(11-30)18(10-17)23(27,28)29)12-19-31-20(34-32-19)14-5-4-6-16(9-14)22(24,25)26/h4-10H,12-13H2,1-3H3. The van der Waals surface area contributed by atoms with Gasteiger partial charge in [0.25, 0.3) is 5.89 Å². The fraction of sp³-hybridized carbons (Fsp3) is 0.348. The van der Waals surface area contributed by atoms with Crippen LogP contribution >= 0.6 is 0 Å². The number of rotatable bonds is 5. The largest absolute Gasteiger partial charge is 0.417 e. The Bertz CT molecular complexity index is 1200. The van der Waals surface area contributed by atoms with Crippen LogP contribution in [0, 0.1) is 16.7 Å². The van der Waals surface area contributed by atoms with Gasteiger partial charge in [-0.25, -0.2) is 0 Å². The third-order valence-electron chi connectivity index (χ3n) is 4.70. The maximum absolute atomic E-state index is 13.5. The van der Waals surface area contributed by atoms with Gasteiger partial charge in [-0.15, -0.1) is 0 Å². The third kappa shape index (κ3) is 6.07. The van der Waals surface area contributed by atoms with E-state index in [4.69, 9.17) is 9.78 Å². The first-order valence-electron chi connectivity index (χ1n) is 10.0. The second-order valence-corrected chi connectivity index (χ2v) is 8.85. The molecule has 5 nitrogen and oxygen atoms in total. The van der Waals surface area contributed by atoms with E-state index in [1.165, 1.54) is 18.2 Å². The molecule has 0 atom stereocenters. The van der Waals surface area contributed by atoms with Crippen LogP contribution in [0.4, 0.5) is 32.0 Å². The second kappa shape index (κ2) is 9.00. The molecule has 1 heterocycles. The molecule has 34 heavy (non-hydrogen) atoms. The molecule has 2 aromatic carbocycles. The van der Waals surface area contributed by atoms with Gasteiger partial charge in [0.15, 0.2) is 5.82 Å². The first-order chi connectivity index (χ1) is 15.7. The van der Waals surface area contributed by atoms with E-state index in [0.717, 1.165) is 24.3 Å². The SMILES string of the molecule is CC(C)(C)CN(Cc1noc(-c2cccc(C(F)(F)F)c2)n1)c1ccc(C#N)c(C(F)(F)F)c1. The molecule has 0 saturated heterocycles. The van der Waals surface area contributed by atoms with Gasteiger partial charge in [-0.1, -0.05) is 32.0 Å². The van der Waals surface area contributed by atoms with Crippen molar-refractivity contribution in [2.24, 2.45) is 5.41 Å².